The molecule has 0 spiro atoms. The number of rotatable bonds is 3. The average Bonchev–Trinajstić information content (AvgIpc) is 2.46. The molecule has 1 aliphatic heterocycles. The number of hydrogen-bond acceptors (Lipinski definition) is 4. The second-order valence-corrected chi connectivity index (χ2v) is 4.71. The number of nitrogen functional groups attached to an aromatic ring is 1. The highest BCUT2D eigenvalue weighted by Gasteiger charge is 2.16. The van der Waals surface area contributed by atoms with Crippen molar-refractivity contribution >= 4 is 17.3 Å². The van der Waals surface area contributed by atoms with Gasteiger partial charge in [-0.25, -0.2) is 0 Å². The summed E-state index contributed by atoms with van der Waals surface area (Å²) in [6.45, 7) is 1.95. The van der Waals surface area contributed by atoms with Crippen LogP contribution in [0.5, 0.6) is 0 Å². The maximum atomic E-state index is 12.0. The van der Waals surface area contributed by atoms with E-state index in [0.717, 1.165) is 25.9 Å². The molecule has 0 bridgehead atoms. The molecule has 5 nitrogen and oxygen atoms in total. The minimum Gasteiger partial charge on any atom is -0.397 e. The predicted octanol–water partition coefficient (Wildman–Crippen LogP) is 1.56. The number of piperidine rings is 1. The number of amides is 1. The fourth-order valence-corrected chi connectivity index (χ4v) is 2.22. The van der Waals surface area contributed by atoms with Gasteiger partial charge in [0.05, 0.1) is 29.6 Å². The number of anilines is 2. The lowest BCUT2D eigenvalue weighted by Crippen LogP contribution is -2.39. The summed E-state index contributed by atoms with van der Waals surface area (Å²) in [5.41, 5.74) is 7.53. The third-order valence-corrected chi connectivity index (χ3v) is 3.32. The van der Waals surface area contributed by atoms with Gasteiger partial charge in [-0.15, -0.1) is 0 Å². The first kappa shape index (κ1) is 13.2. The van der Waals surface area contributed by atoms with Crippen LogP contribution >= 0.6 is 0 Å². The molecular weight excluding hydrogens is 240 g/mol. The molecule has 1 amide bonds. The number of benzene rings is 1. The summed E-state index contributed by atoms with van der Waals surface area (Å²) in [7, 11) is 0. The van der Waals surface area contributed by atoms with Gasteiger partial charge in [-0.3, -0.25) is 4.79 Å². The van der Waals surface area contributed by atoms with E-state index in [0.29, 0.717) is 16.9 Å². The van der Waals surface area contributed by atoms with Gasteiger partial charge in [0.1, 0.15) is 0 Å². The molecule has 0 unspecified atom stereocenters. The largest absolute Gasteiger partial charge is 0.397 e. The Morgan fingerprint density at radius 2 is 2.11 bits per heavy atom. The monoisotopic (exact) mass is 258 g/mol. The molecule has 1 aromatic carbocycles. The molecule has 0 saturated carbocycles. The summed E-state index contributed by atoms with van der Waals surface area (Å²) in [6.07, 6.45) is 3.38. The molecule has 5 heteroatoms. The van der Waals surface area contributed by atoms with Gasteiger partial charge in [-0.05, 0) is 37.5 Å². The normalized spacial score (nSPS) is 14.8. The van der Waals surface area contributed by atoms with Crippen molar-refractivity contribution in [3.05, 3.63) is 23.8 Å². The van der Waals surface area contributed by atoms with Crippen LogP contribution in [0.1, 0.15) is 24.8 Å². The highest BCUT2D eigenvalue weighted by atomic mass is 16.2. The lowest BCUT2D eigenvalue weighted by Gasteiger charge is -2.27. The predicted molar refractivity (Wildman–Crippen MR) is 74.5 cm³/mol. The van der Waals surface area contributed by atoms with Crippen molar-refractivity contribution in [2.45, 2.75) is 19.3 Å². The van der Waals surface area contributed by atoms with E-state index >= 15 is 0 Å². The van der Waals surface area contributed by atoms with Gasteiger partial charge < -0.3 is 16.0 Å². The minimum absolute atomic E-state index is 0.100. The summed E-state index contributed by atoms with van der Waals surface area (Å²) < 4.78 is 0. The van der Waals surface area contributed by atoms with Crippen molar-refractivity contribution in [3.63, 3.8) is 0 Å². The van der Waals surface area contributed by atoms with Gasteiger partial charge in [-0.2, -0.15) is 5.26 Å². The van der Waals surface area contributed by atoms with Crippen molar-refractivity contribution in [3.8, 4) is 6.07 Å². The second-order valence-electron chi connectivity index (χ2n) is 4.71. The van der Waals surface area contributed by atoms with Crippen LogP contribution in [0.15, 0.2) is 18.2 Å². The smallest absolute Gasteiger partial charge is 0.241 e. The Morgan fingerprint density at radius 3 is 2.74 bits per heavy atom. The van der Waals surface area contributed by atoms with Gasteiger partial charge in [0, 0.05) is 13.1 Å². The van der Waals surface area contributed by atoms with Crippen molar-refractivity contribution < 1.29 is 4.79 Å². The minimum atomic E-state index is 0.100. The number of nitrogens with zero attached hydrogens (tertiary/aromatic N) is 2. The van der Waals surface area contributed by atoms with Crippen LogP contribution in [0.2, 0.25) is 0 Å². The molecule has 19 heavy (non-hydrogen) atoms. The van der Waals surface area contributed by atoms with E-state index in [-0.39, 0.29) is 12.5 Å². The number of hydrogen-bond donors (Lipinski definition) is 2. The Labute approximate surface area is 113 Å². The van der Waals surface area contributed by atoms with E-state index in [9.17, 15) is 4.79 Å². The Hall–Kier alpha value is -2.22. The highest BCUT2D eigenvalue weighted by molar-refractivity contribution is 5.82. The number of nitriles is 1. The zero-order valence-corrected chi connectivity index (χ0v) is 10.9. The Morgan fingerprint density at radius 1 is 1.37 bits per heavy atom. The van der Waals surface area contributed by atoms with Crippen LogP contribution in [0.4, 0.5) is 11.4 Å². The first-order valence-electron chi connectivity index (χ1n) is 6.52. The zero-order valence-electron chi connectivity index (χ0n) is 10.9. The molecule has 1 saturated heterocycles. The SMILES string of the molecule is N#Cc1ccc(NCC(=O)N2CCCCC2)c(N)c1. The van der Waals surface area contributed by atoms with Gasteiger partial charge in [-0.1, -0.05) is 0 Å². The zero-order chi connectivity index (χ0) is 13.7. The van der Waals surface area contributed by atoms with E-state index in [2.05, 4.69) is 5.32 Å². The fraction of sp³-hybridized carbons (Fsp3) is 0.429. The van der Waals surface area contributed by atoms with E-state index in [1.807, 2.05) is 11.0 Å². The third-order valence-electron chi connectivity index (χ3n) is 3.32. The van der Waals surface area contributed by atoms with Crippen LogP contribution in [0.3, 0.4) is 0 Å². The first-order chi connectivity index (χ1) is 9.20. The quantitative estimate of drug-likeness (QED) is 0.806. The van der Waals surface area contributed by atoms with Crippen LogP contribution in [0, 0.1) is 11.3 Å². The number of nitrogens with two attached hydrogens (primary N) is 1. The molecule has 2 rings (SSSR count). The van der Waals surface area contributed by atoms with Crippen molar-refractivity contribution in [2.24, 2.45) is 0 Å². The number of likely N-dealkylation sites (tertiary alicyclic amines) is 1. The Bertz CT molecular complexity index is 501. The molecule has 3 N–H and O–H groups in total. The molecule has 0 aliphatic carbocycles. The molecule has 1 heterocycles. The van der Waals surface area contributed by atoms with Crippen LogP contribution in [0.25, 0.3) is 0 Å². The number of nitrogens with one attached hydrogen (secondary N) is 1. The molecule has 0 aromatic heterocycles. The molecular formula is C14H18N4O. The summed E-state index contributed by atoms with van der Waals surface area (Å²) in [6, 6.07) is 7.05. The lowest BCUT2D eigenvalue weighted by molar-refractivity contribution is -0.130. The molecule has 0 atom stereocenters. The van der Waals surface area contributed by atoms with Crippen LogP contribution < -0.4 is 11.1 Å². The maximum absolute atomic E-state index is 12.0. The summed E-state index contributed by atoms with van der Waals surface area (Å²) in [4.78, 5) is 13.9. The van der Waals surface area contributed by atoms with Crippen molar-refractivity contribution in [1.82, 2.24) is 4.90 Å². The number of carbonyl (C=O) groups excluding carboxylic acids is 1. The van der Waals surface area contributed by atoms with Crippen molar-refractivity contribution in [2.75, 3.05) is 30.7 Å². The summed E-state index contributed by atoms with van der Waals surface area (Å²) in [5, 5.41) is 11.8. The van der Waals surface area contributed by atoms with E-state index in [1.54, 1.807) is 18.2 Å². The molecule has 100 valence electrons. The lowest BCUT2D eigenvalue weighted by atomic mass is 10.1. The highest BCUT2D eigenvalue weighted by Crippen LogP contribution is 2.19. The van der Waals surface area contributed by atoms with Crippen LogP contribution in [-0.2, 0) is 4.79 Å². The number of carbonyl (C=O) groups is 1. The summed E-state index contributed by atoms with van der Waals surface area (Å²) in [5.74, 6) is 0.100. The fourth-order valence-electron chi connectivity index (χ4n) is 2.22. The molecule has 0 radical (unpaired) electrons. The van der Waals surface area contributed by atoms with Gasteiger partial charge >= 0.3 is 0 Å². The third kappa shape index (κ3) is 3.38. The standard InChI is InChI=1S/C14H18N4O/c15-9-11-4-5-13(12(16)8-11)17-10-14(19)18-6-2-1-3-7-18/h4-5,8,17H,1-3,6-7,10,16H2. The Balaban J connectivity index is 1.91. The second kappa shape index (κ2) is 6.10. The van der Waals surface area contributed by atoms with Crippen LogP contribution in [-0.4, -0.2) is 30.4 Å². The molecule has 1 fully saturated rings. The van der Waals surface area contributed by atoms with Gasteiger partial charge in [0.15, 0.2) is 0 Å². The maximum Gasteiger partial charge on any atom is 0.241 e. The van der Waals surface area contributed by atoms with Crippen molar-refractivity contribution in [1.29, 1.82) is 5.26 Å². The van der Waals surface area contributed by atoms with E-state index in [1.165, 1.54) is 6.42 Å². The molecule has 1 aliphatic rings. The topological polar surface area (TPSA) is 82.2 Å². The van der Waals surface area contributed by atoms with E-state index < -0.39 is 0 Å². The van der Waals surface area contributed by atoms with Gasteiger partial charge in [0.2, 0.25) is 5.91 Å². The molecule has 1 aromatic rings. The van der Waals surface area contributed by atoms with Gasteiger partial charge in [0.25, 0.3) is 0 Å². The first-order valence-corrected chi connectivity index (χ1v) is 6.52. The average molecular weight is 258 g/mol. The summed E-state index contributed by atoms with van der Waals surface area (Å²) >= 11 is 0. The Kier molecular flexibility index (Phi) is 4.24. The van der Waals surface area contributed by atoms with E-state index in [4.69, 9.17) is 11.0 Å².